The number of rotatable bonds is 8. The highest BCUT2D eigenvalue weighted by atomic mass is 32.1. The Kier molecular flexibility index (Phi) is 7.57. The summed E-state index contributed by atoms with van der Waals surface area (Å²) in [5.74, 6) is -1.01. The minimum absolute atomic E-state index is 0.0111. The molecule has 33 heavy (non-hydrogen) atoms. The largest absolute Gasteiger partial charge is 0.493 e. The molecule has 9 heteroatoms. The Balaban J connectivity index is 1.85. The van der Waals surface area contributed by atoms with Gasteiger partial charge in [-0.15, -0.1) is 6.58 Å². The molecule has 1 heterocycles. The molecule has 0 saturated carbocycles. The maximum absolute atomic E-state index is 12.8. The van der Waals surface area contributed by atoms with Crippen LogP contribution in [-0.4, -0.2) is 48.0 Å². The molecule has 2 aromatic rings. The van der Waals surface area contributed by atoms with Gasteiger partial charge in [-0.25, -0.2) is 0 Å². The van der Waals surface area contributed by atoms with Gasteiger partial charge in [-0.2, -0.15) is 0 Å². The molecular weight excluding hydrogens is 442 g/mol. The molecule has 1 fully saturated rings. The van der Waals surface area contributed by atoms with E-state index in [0.717, 1.165) is 5.56 Å². The Morgan fingerprint density at radius 2 is 1.94 bits per heavy atom. The average Bonchev–Trinajstić information content (AvgIpc) is 2.79. The van der Waals surface area contributed by atoms with E-state index in [1.807, 2.05) is 19.1 Å². The van der Waals surface area contributed by atoms with Gasteiger partial charge in [0, 0.05) is 17.8 Å². The summed E-state index contributed by atoms with van der Waals surface area (Å²) in [5.41, 5.74) is 1.97. The summed E-state index contributed by atoms with van der Waals surface area (Å²) in [6, 6.07) is 12.3. The van der Waals surface area contributed by atoms with E-state index in [0.29, 0.717) is 17.0 Å². The van der Waals surface area contributed by atoms with Crippen LogP contribution in [0.5, 0.6) is 11.5 Å². The third-order valence-electron chi connectivity index (χ3n) is 4.71. The molecule has 1 aliphatic heterocycles. The van der Waals surface area contributed by atoms with Crippen LogP contribution in [0.25, 0.3) is 6.08 Å². The number of benzene rings is 2. The van der Waals surface area contributed by atoms with Crippen molar-refractivity contribution in [1.29, 1.82) is 0 Å². The fraction of sp³-hybridized carbons (Fsp3) is 0.167. The van der Waals surface area contributed by atoms with Gasteiger partial charge in [0.2, 0.25) is 0 Å². The van der Waals surface area contributed by atoms with E-state index in [9.17, 15) is 14.4 Å². The number of carbonyl (C=O) groups is 3. The maximum Gasteiger partial charge on any atom is 0.265 e. The third kappa shape index (κ3) is 5.64. The molecule has 0 radical (unpaired) electrons. The van der Waals surface area contributed by atoms with Gasteiger partial charge in [-0.05, 0) is 43.4 Å². The molecule has 0 atom stereocenters. The monoisotopic (exact) mass is 465 g/mol. The van der Waals surface area contributed by atoms with Crippen LogP contribution in [0.15, 0.2) is 60.7 Å². The summed E-state index contributed by atoms with van der Waals surface area (Å²) in [4.78, 5) is 38.9. The summed E-state index contributed by atoms with van der Waals surface area (Å²) in [6.45, 7) is 5.40. The first-order valence-corrected chi connectivity index (χ1v) is 10.4. The standard InChI is InChI=1S/C24H23N3O5S/c1-4-12-27-23(30)18(22(29)26-24(27)33)13-16-6-5-7-19(31-3)21(16)32-14-20(28)25-17-10-8-15(2)9-11-17/h4-11,13H,1,12,14H2,2-3H3,(H,25,28)(H,26,29,33)/b18-13+. The lowest BCUT2D eigenvalue weighted by molar-refractivity contribution is -0.128. The lowest BCUT2D eigenvalue weighted by Crippen LogP contribution is -2.53. The van der Waals surface area contributed by atoms with Gasteiger partial charge in [-0.1, -0.05) is 35.9 Å². The minimum atomic E-state index is -0.629. The number of aryl methyl sites for hydroxylation is 1. The van der Waals surface area contributed by atoms with Crippen LogP contribution in [0, 0.1) is 6.92 Å². The van der Waals surface area contributed by atoms with Crippen LogP contribution in [0.3, 0.4) is 0 Å². The van der Waals surface area contributed by atoms with Crippen LogP contribution in [0.1, 0.15) is 11.1 Å². The average molecular weight is 466 g/mol. The van der Waals surface area contributed by atoms with Crippen molar-refractivity contribution in [2.24, 2.45) is 0 Å². The SMILES string of the molecule is C=CCN1C(=O)/C(=C/c2cccc(OC)c2OCC(=O)Nc2ccc(C)cc2)C(=O)NC1=S. The molecule has 8 nitrogen and oxygen atoms in total. The van der Waals surface area contributed by atoms with Crippen molar-refractivity contribution in [1.82, 2.24) is 10.2 Å². The van der Waals surface area contributed by atoms with Gasteiger partial charge >= 0.3 is 0 Å². The van der Waals surface area contributed by atoms with Gasteiger partial charge in [0.15, 0.2) is 23.2 Å². The lowest BCUT2D eigenvalue weighted by atomic mass is 10.1. The van der Waals surface area contributed by atoms with Crippen molar-refractivity contribution in [3.05, 3.63) is 71.8 Å². The molecule has 170 valence electrons. The number of para-hydroxylation sites is 1. The first-order valence-electron chi connectivity index (χ1n) is 10.00. The number of amides is 3. The molecule has 2 aromatic carbocycles. The molecule has 0 unspecified atom stereocenters. The molecule has 2 N–H and O–H groups in total. The molecule has 1 aliphatic rings. The van der Waals surface area contributed by atoms with Gasteiger partial charge in [0.25, 0.3) is 17.7 Å². The summed E-state index contributed by atoms with van der Waals surface area (Å²) in [6.07, 6.45) is 2.89. The molecular formula is C24H23N3O5S. The van der Waals surface area contributed by atoms with E-state index < -0.39 is 11.8 Å². The summed E-state index contributed by atoms with van der Waals surface area (Å²) in [5, 5.41) is 5.25. The molecule has 3 rings (SSSR count). The van der Waals surface area contributed by atoms with E-state index >= 15 is 0 Å². The first kappa shape index (κ1) is 23.7. The topological polar surface area (TPSA) is 97.0 Å². The van der Waals surface area contributed by atoms with Crippen LogP contribution < -0.4 is 20.1 Å². The molecule has 3 amide bonds. The van der Waals surface area contributed by atoms with E-state index in [1.165, 1.54) is 24.2 Å². The van der Waals surface area contributed by atoms with Gasteiger partial charge < -0.3 is 14.8 Å². The summed E-state index contributed by atoms with van der Waals surface area (Å²) < 4.78 is 11.1. The van der Waals surface area contributed by atoms with E-state index in [2.05, 4.69) is 17.2 Å². The maximum atomic E-state index is 12.8. The lowest BCUT2D eigenvalue weighted by Gasteiger charge is -2.28. The smallest absolute Gasteiger partial charge is 0.265 e. The van der Waals surface area contributed by atoms with Crippen molar-refractivity contribution in [3.8, 4) is 11.5 Å². The molecule has 1 saturated heterocycles. The highest BCUT2D eigenvalue weighted by Gasteiger charge is 2.33. The molecule has 0 spiro atoms. The van der Waals surface area contributed by atoms with Crippen molar-refractivity contribution in [2.75, 3.05) is 25.6 Å². The molecule has 0 aromatic heterocycles. The number of carbonyl (C=O) groups excluding carboxylic acids is 3. The Morgan fingerprint density at radius 1 is 1.21 bits per heavy atom. The van der Waals surface area contributed by atoms with Gasteiger partial charge in [0.05, 0.1) is 7.11 Å². The van der Waals surface area contributed by atoms with E-state index in [4.69, 9.17) is 21.7 Å². The third-order valence-corrected chi connectivity index (χ3v) is 5.03. The Hall–Kier alpha value is -3.98. The van der Waals surface area contributed by atoms with Crippen molar-refractivity contribution in [2.45, 2.75) is 6.92 Å². The fourth-order valence-corrected chi connectivity index (χ4v) is 3.33. The number of nitrogens with one attached hydrogen (secondary N) is 2. The Bertz CT molecular complexity index is 1140. The molecule has 0 bridgehead atoms. The zero-order chi connectivity index (χ0) is 24.0. The number of anilines is 1. The van der Waals surface area contributed by atoms with E-state index in [-0.39, 0.29) is 35.5 Å². The number of methoxy groups -OCH3 is 1. The predicted molar refractivity (Wildman–Crippen MR) is 129 cm³/mol. The minimum Gasteiger partial charge on any atom is -0.493 e. The zero-order valence-electron chi connectivity index (χ0n) is 18.2. The van der Waals surface area contributed by atoms with Crippen LogP contribution in [0.2, 0.25) is 0 Å². The zero-order valence-corrected chi connectivity index (χ0v) is 19.0. The van der Waals surface area contributed by atoms with Crippen molar-refractivity contribution in [3.63, 3.8) is 0 Å². The quantitative estimate of drug-likeness (QED) is 0.269. The number of thiocarbonyl (C=S) groups is 1. The second kappa shape index (κ2) is 10.6. The number of ether oxygens (including phenoxy) is 2. The van der Waals surface area contributed by atoms with Gasteiger partial charge in [0.1, 0.15) is 5.57 Å². The Labute approximate surface area is 196 Å². The molecule has 0 aliphatic carbocycles. The second-order valence-corrected chi connectivity index (χ2v) is 7.49. The van der Waals surface area contributed by atoms with Crippen molar-refractivity contribution >= 4 is 46.8 Å². The second-order valence-electron chi connectivity index (χ2n) is 7.10. The van der Waals surface area contributed by atoms with Crippen LogP contribution >= 0.6 is 12.2 Å². The highest BCUT2D eigenvalue weighted by molar-refractivity contribution is 7.80. The summed E-state index contributed by atoms with van der Waals surface area (Å²) in [7, 11) is 1.45. The van der Waals surface area contributed by atoms with Crippen molar-refractivity contribution < 1.29 is 23.9 Å². The fourth-order valence-electron chi connectivity index (χ4n) is 3.08. The van der Waals surface area contributed by atoms with Gasteiger partial charge in [-0.3, -0.25) is 24.6 Å². The van der Waals surface area contributed by atoms with Crippen LogP contribution in [0.4, 0.5) is 5.69 Å². The Morgan fingerprint density at radius 3 is 2.61 bits per heavy atom. The van der Waals surface area contributed by atoms with E-state index in [1.54, 1.807) is 30.3 Å². The normalized spacial score (nSPS) is 14.7. The number of nitrogens with zero attached hydrogens (tertiary/aromatic N) is 1. The predicted octanol–water partition coefficient (Wildman–Crippen LogP) is 2.83. The summed E-state index contributed by atoms with van der Waals surface area (Å²) >= 11 is 5.07. The highest BCUT2D eigenvalue weighted by Crippen LogP contribution is 2.33. The number of hydrogen-bond acceptors (Lipinski definition) is 6. The first-order chi connectivity index (χ1) is 15.8. The van der Waals surface area contributed by atoms with Crippen LogP contribution in [-0.2, 0) is 14.4 Å². The number of hydrogen-bond donors (Lipinski definition) is 2.